The molecule has 0 heterocycles. The number of alkyl halides is 2. The Morgan fingerprint density at radius 3 is 2.38 bits per heavy atom. The fourth-order valence-corrected chi connectivity index (χ4v) is 1.49. The molecule has 0 radical (unpaired) electrons. The van der Waals surface area contributed by atoms with Crippen LogP contribution in [0.2, 0.25) is 0 Å². The molecule has 0 aliphatic carbocycles. The average molecular weight is 232 g/mol. The van der Waals surface area contributed by atoms with Gasteiger partial charge in [0.1, 0.15) is 0 Å². The molecule has 0 unspecified atom stereocenters. The van der Waals surface area contributed by atoms with Crippen LogP contribution in [0.3, 0.4) is 0 Å². The van der Waals surface area contributed by atoms with Gasteiger partial charge in [-0.05, 0) is 24.1 Å². The number of rotatable bonds is 5. The molecule has 0 saturated heterocycles. The van der Waals surface area contributed by atoms with E-state index in [4.69, 9.17) is 14.6 Å². The normalized spacial score (nSPS) is 10.6. The third kappa shape index (κ3) is 2.61. The molecule has 5 heteroatoms. The van der Waals surface area contributed by atoms with E-state index in [0.29, 0.717) is 12.0 Å². The van der Waals surface area contributed by atoms with Crippen LogP contribution < -0.4 is 9.47 Å². The monoisotopic (exact) mass is 232 g/mol. The van der Waals surface area contributed by atoms with Crippen LogP contribution in [-0.2, 0) is 6.42 Å². The van der Waals surface area contributed by atoms with Crippen molar-refractivity contribution in [3.05, 3.63) is 23.3 Å². The van der Waals surface area contributed by atoms with Gasteiger partial charge in [-0.25, -0.2) is 8.78 Å². The van der Waals surface area contributed by atoms with Crippen LogP contribution in [0, 0.1) is 0 Å². The minimum absolute atomic E-state index is 0.0409. The standard InChI is InChI=1S/C11H14F2O3/c1-15-9-6-7(3-4-14)5-8(11(12)13)10(9)16-2/h5-6,11,14H,3-4H2,1-2H3. The third-order valence-electron chi connectivity index (χ3n) is 2.20. The number of aliphatic hydroxyl groups excluding tert-OH is 1. The molecule has 0 bridgehead atoms. The molecule has 16 heavy (non-hydrogen) atoms. The lowest BCUT2D eigenvalue weighted by molar-refractivity contribution is 0.146. The summed E-state index contributed by atoms with van der Waals surface area (Å²) in [6, 6.07) is 2.91. The first-order chi connectivity index (χ1) is 7.63. The van der Waals surface area contributed by atoms with Gasteiger partial charge in [0.05, 0.1) is 19.8 Å². The Kier molecular flexibility index (Phi) is 4.49. The largest absolute Gasteiger partial charge is 0.493 e. The van der Waals surface area contributed by atoms with Gasteiger partial charge in [-0.1, -0.05) is 0 Å². The molecule has 0 fully saturated rings. The molecule has 3 nitrogen and oxygen atoms in total. The molecule has 0 aliphatic rings. The Hall–Kier alpha value is -1.36. The lowest BCUT2D eigenvalue weighted by Gasteiger charge is -2.14. The maximum absolute atomic E-state index is 12.8. The lowest BCUT2D eigenvalue weighted by atomic mass is 10.1. The van der Waals surface area contributed by atoms with Crippen molar-refractivity contribution in [3.8, 4) is 11.5 Å². The van der Waals surface area contributed by atoms with Crippen molar-refractivity contribution in [1.82, 2.24) is 0 Å². The number of methoxy groups -OCH3 is 2. The molecule has 0 saturated carbocycles. The molecule has 0 aromatic heterocycles. The van der Waals surface area contributed by atoms with Crippen LogP contribution in [0.25, 0.3) is 0 Å². The highest BCUT2D eigenvalue weighted by molar-refractivity contribution is 5.50. The van der Waals surface area contributed by atoms with Gasteiger partial charge >= 0.3 is 0 Å². The van der Waals surface area contributed by atoms with Crippen LogP contribution >= 0.6 is 0 Å². The highest BCUT2D eigenvalue weighted by atomic mass is 19.3. The second kappa shape index (κ2) is 5.65. The molecule has 0 atom stereocenters. The Balaban J connectivity index is 3.25. The van der Waals surface area contributed by atoms with Gasteiger partial charge in [-0.15, -0.1) is 0 Å². The van der Waals surface area contributed by atoms with Gasteiger partial charge in [0.2, 0.25) is 0 Å². The first kappa shape index (κ1) is 12.7. The van der Waals surface area contributed by atoms with Gasteiger partial charge in [0, 0.05) is 6.61 Å². The fourth-order valence-electron chi connectivity index (χ4n) is 1.49. The second-order valence-electron chi connectivity index (χ2n) is 3.19. The Bertz CT molecular complexity index is 353. The highest BCUT2D eigenvalue weighted by Gasteiger charge is 2.19. The number of halogens is 2. The van der Waals surface area contributed by atoms with E-state index in [1.165, 1.54) is 20.3 Å². The van der Waals surface area contributed by atoms with E-state index in [1.807, 2.05) is 0 Å². The molecule has 1 aromatic carbocycles. The van der Waals surface area contributed by atoms with E-state index >= 15 is 0 Å². The van der Waals surface area contributed by atoms with E-state index in [0.717, 1.165) is 0 Å². The zero-order chi connectivity index (χ0) is 12.1. The summed E-state index contributed by atoms with van der Waals surface area (Å²) in [5.41, 5.74) is 0.376. The summed E-state index contributed by atoms with van der Waals surface area (Å²) in [5.74, 6) is 0.294. The third-order valence-corrected chi connectivity index (χ3v) is 2.20. The quantitative estimate of drug-likeness (QED) is 0.845. The van der Waals surface area contributed by atoms with Crippen LogP contribution in [0.15, 0.2) is 12.1 Å². The summed E-state index contributed by atoms with van der Waals surface area (Å²) in [6.45, 7) is -0.0990. The van der Waals surface area contributed by atoms with Crippen molar-refractivity contribution in [2.45, 2.75) is 12.8 Å². The minimum Gasteiger partial charge on any atom is -0.493 e. The summed E-state index contributed by atoms with van der Waals surface area (Å²) >= 11 is 0. The van der Waals surface area contributed by atoms with Gasteiger partial charge in [-0.2, -0.15) is 0 Å². The van der Waals surface area contributed by atoms with Crippen LogP contribution in [0.4, 0.5) is 8.78 Å². The average Bonchev–Trinajstić information content (AvgIpc) is 2.28. The molecule has 0 amide bonds. The SMILES string of the molecule is COc1cc(CCO)cc(C(F)F)c1OC. The van der Waals surface area contributed by atoms with Gasteiger partial charge in [0.25, 0.3) is 6.43 Å². The maximum Gasteiger partial charge on any atom is 0.267 e. The Morgan fingerprint density at radius 2 is 1.94 bits per heavy atom. The minimum atomic E-state index is -2.64. The molecule has 1 rings (SSSR count). The first-order valence-corrected chi connectivity index (χ1v) is 4.77. The number of benzene rings is 1. The van der Waals surface area contributed by atoms with E-state index in [-0.39, 0.29) is 23.7 Å². The van der Waals surface area contributed by atoms with E-state index in [1.54, 1.807) is 6.07 Å². The molecular weight excluding hydrogens is 218 g/mol. The van der Waals surface area contributed by atoms with Crippen molar-refractivity contribution in [1.29, 1.82) is 0 Å². The van der Waals surface area contributed by atoms with Crippen molar-refractivity contribution in [2.24, 2.45) is 0 Å². The van der Waals surface area contributed by atoms with E-state index in [2.05, 4.69) is 0 Å². The fraction of sp³-hybridized carbons (Fsp3) is 0.455. The van der Waals surface area contributed by atoms with Gasteiger partial charge in [0.15, 0.2) is 11.5 Å². The summed E-state index contributed by atoms with van der Waals surface area (Å²) < 4.78 is 35.4. The highest BCUT2D eigenvalue weighted by Crippen LogP contribution is 2.38. The second-order valence-corrected chi connectivity index (χ2v) is 3.19. The smallest absolute Gasteiger partial charge is 0.267 e. The summed E-state index contributed by atoms with van der Waals surface area (Å²) in [4.78, 5) is 0. The summed E-state index contributed by atoms with van der Waals surface area (Å²) in [6.07, 6.45) is -2.33. The topological polar surface area (TPSA) is 38.7 Å². The molecule has 0 spiro atoms. The number of aliphatic hydroxyl groups is 1. The zero-order valence-corrected chi connectivity index (χ0v) is 9.17. The maximum atomic E-state index is 12.8. The van der Waals surface area contributed by atoms with E-state index in [9.17, 15) is 8.78 Å². The van der Waals surface area contributed by atoms with Gasteiger partial charge < -0.3 is 14.6 Å². The Morgan fingerprint density at radius 1 is 1.25 bits per heavy atom. The number of hydrogen-bond acceptors (Lipinski definition) is 3. The number of hydrogen-bond donors (Lipinski definition) is 1. The molecule has 1 aromatic rings. The predicted molar refractivity (Wildman–Crippen MR) is 55.3 cm³/mol. The van der Waals surface area contributed by atoms with Crippen molar-refractivity contribution in [2.75, 3.05) is 20.8 Å². The van der Waals surface area contributed by atoms with Crippen molar-refractivity contribution >= 4 is 0 Å². The van der Waals surface area contributed by atoms with Crippen LogP contribution in [0.5, 0.6) is 11.5 Å². The Labute approximate surface area is 92.6 Å². The van der Waals surface area contributed by atoms with Crippen LogP contribution in [0.1, 0.15) is 17.6 Å². The lowest BCUT2D eigenvalue weighted by Crippen LogP contribution is -2.00. The van der Waals surface area contributed by atoms with Crippen LogP contribution in [-0.4, -0.2) is 25.9 Å². The van der Waals surface area contributed by atoms with E-state index < -0.39 is 6.43 Å². The molecule has 1 N–H and O–H groups in total. The number of ether oxygens (including phenoxy) is 2. The zero-order valence-electron chi connectivity index (χ0n) is 9.17. The van der Waals surface area contributed by atoms with Gasteiger partial charge in [-0.3, -0.25) is 0 Å². The summed E-state index contributed by atoms with van der Waals surface area (Å²) in [7, 11) is 2.70. The molecular formula is C11H14F2O3. The summed E-state index contributed by atoms with van der Waals surface area (Å²) in [5, 5.41) is 8.78. The predicted octanol–water partition coefficient (Wildman–Crippen LogP) is 2.18. The molecule has 0 aliphatic heterocycles. The molecule has 90 valence electrons. The van der Waals surface area contributed by atoms with Crippen molar-refractivity contribution < 1.29 is 23.4 Å². The first-order valence-electron chi connectivity index (χ1n) is 4.77. The van der Waals surface area contributed by atoms with Crippen molar-refractivity contribution in [3.63, 3.8) is 0 Å².